The average molecular weight is 424 g/mol. The van der Waals surface area contributed by atoms with E-state index in [1.807, 2.05) is 0 Å². The lowest BCUT2D eigenvalue weighted by Gasteiger charge is -2.11. The van der Waals surface area contributed by atoms with Gasteiger partial charge in [-0.15, -0.1) is 0 Å². The second-order valence-electron chi connectivity index (χ2n) is 5.98. The minimum atomic E-state index is -0.449. The lowest BCUT2D eigenvalue weighted by molar-refractivity contribution is -0.113. The number of rotatable bonds is 5. The van der Waals surface area contributed by atoms with Gasteiger partial charge < -0.3 is 10.2 Å². The molecule has 27 heavy (non-hydrogen) atoms. The summed E-state index contributed by atoms with van der Waals surface area (Å²) in [5, 5.41) is 4.52. The predicted molar refractivity (Wildman–Crippen MR) is 107 cm³/mol. The van der Waals surface area contributed by atoms with Gasteiger partial charge in [-0.05, 0) is 31.0 Å². The molecule has 0 unspecified atom stereocenters. The number of benzene rings is 1. The third kappa shape index (κ3) is 4.15. The molecule has 1 amide bonds. The monoisotopic (exact) mass is 423 g/mol. The molecule has 0 bridgehead atoms. The van der Waals surface area contributed by atoms with Gasteiger partial charge in [-0.1, -0.05) is 34.7 Å². The van der Waals surface area contributed by atoms with Crippen LogP contribution in [0.5, 0.6) is 0 Å². The first-order valence-corrected chi connectivity index (χ1v) is 10.5. The number of thiazole rings is 1. The Hall–Kier alpha value is -1.97. The lowest BCUT2D eigenvalue weighted by Crippen LogP contribution is -2.16. The Labute approximate surface area is 168 Å². The minimum absolute atomic E-state index is 0.150. The third-order valence-corrected chi connectivity index (χ3v) is 6.61. The highest BCUT2D eigenvalue weighted by Crippen LogP contribution is 2.35. The molecule has 1 aliphatic heterocycles. The zero-order chi connectivity index (χ0) is 18.8. The summed E-state index contributed by atoms with van der Waals surface area (Å²) in [5.41, 5.74) is 1.03. The van der Waals surface area contributed by atoms with Crippen molar-refractivity contribution in [2.24, 2.45) is 0 Å². The molecule has 0 aliphatic carbocycles. The molecule has 0 radical (unpaired) electrons. The number of carbonyl (C=O) groups excluding carboxylic acids is 1. The van der Waals surface area contributed by atoms with Crippen LogP contribution >= 0.6 is 34.7 Å². The number of nitrogens with zero attached hydrogens (tertiary/aromatic N) is 4. The minimum Gasteiger partial charge on any atom is -0.348 e. The molecule has 0 saturated carbocycles. The van der Waals surface area contributed by atoms with Crippen molar-refractivity contribution in [2.45, 2.75) is 17.9 Å². The van der Waals surface area contributed by atoms with Crippen LogP contribution in [0.3, 0.4) is 0 Å². The van der Waals surface area contributed by atoms with Crippen LogP contribution in [0.2, 0.25) is 5.02 Å². The van der Waals surface area contributed by atoms with E-state index in [-0.39, 0.29) is 16.7 Å². The number of aromatic nitrogens is 3. The summed E-state index contributed by atoms with van der Waals surface area (Å²) >= 11 is 8.81. The number of thioether (sulfide) groups is 1. The van der Waals surface area contributed by atoms with Crippen molar-refractivity contribution < 1.29 is 9.18 Å². The summed E-state index contributed by atoms with van der Waals surface area (Å²) < 4.78 is 14.0. The zero-order valence-corrected chi connectivity index (χ0v) is 16.5. The van der Waals surface area contributed by atoms with Crippen LogP contribution in [0.15, 0.2) is 29.6 Å². The van der Waals surface area contributed by atoms with Gasteiger partial charge in [0.15, 0.2) is 10.8 Å². The van der Waals surface area contributed by atoms with Gasteiger partial charge >= 0.3 is 0 Å². The molecule has 0 atom stereocenters. The summed E-state index contributed by atoms with van der Waals surface area (Å²) in [7, 11) is 0. The van der Waals surface area contributed by atoms with E-state index in [0.29, 0.717) is 11.3 Å². The van der Waals surface area contributed by atoms with Crippen LogP contribution in [-0.2, 0) is 4.79 Å². The SMILES string of the molecule is O=C(CSc1ncnc2nc(N3CCCC3)sc12)Nc1ccc(F)cc1Cl. The van der Waals surface area contributed by atoms with Crippen molar-refractivity contribution >= 4 is 61.8 Å². The molecule has 3 heterocycles. The van der Waals surface area contributed by atoms with Crippen LogP contribution in [0.25, 0.3) is 10.3 Å². The average Bonchev–Trinajstić information content (AvgIpc) is 3.31. The number of hydrogen-bond donors (Lipinski definition) is 1. The molecule has 2 aromatic heterocycles. The van der Waals surface area contributed by atoms with Gasteiger partial charge in [-0.25, -0.2) is 14.4 Å². The maximum absolute atomic E-state index is 13.1. The molecule has 3 aromatic rings. The number of fused-ring (bicyclic) bond motifs is 1. The van der Waals surface area contributed by atoms with Gasteiger partial charge in [0, 0.05) is 13.1 Å². The van der Waals surface area contributed by atoms with E-state index in [9.17, 15) is 9.18 Å². The van der Waals surface area contributed by atoms with Gasteiger partial charge in [0.05, 0.1) is 16.5 Å². The van der Waals surface area contributed by atoms with E-state index in [4.69, 9.17) is 11.6 Å². The predicted octanol–water partition coefficient (Wildman–Crippen LogP) is 4.21. The summed E-state index contributed by atoms with van der Waals surface area (Å²) in [4.78, 5) is 27.6. The molecule has 4 rings (SSSR count). The van der Waals surface area contributed by atoms with E-state index in [1.54, 1.807) is 11.3 Å². The van der Waals surface area contributed by atoms with Crippen molar-refractivity contribution in [3.05, 3.63) is 35.4 Å². The maximum atomic E-state index is 13.1. The topological polar surface area (TPSA) is 71.0 Å². The fourth-order valence-corrected chi connectivity index (χ4v) is 4.94. The smallest absolute Gasteiger partial charge is 0.234 e. The second kappa shape index (κ2) is 7.95. The quantitative estimate of drug-likeness (QED) is 0.489. The Morgan fingerprint density at radius 1 is 1.33 bits per heavy atom. The van der Waals surface area contributed by atoms with Gasteiger partial charge in [-0.2, -0.15) is 4.98 Å². The number of amides is 1. The lowest BCUT2D eigenvalue weighted by atomic mass is 10.3. The molecule has 140 valence electrons. The molecule has 1 saturated heterocycles. The normalized spacial score (nSPS) is 14.1. The highest BCUT2D eigenvalue weighted by molar-refractivity contribution is 8.00. The van der Waals surface area contributed by atoms with Crippen molar-refractivity contribution in [1.82, 2.24) is 15.0 Å². The molecule has 10 heteroatoms. The van der Waals surface area contributed by atoms with Crippen molar-refractivity contribution in [3.63, 3.8) is 0 Å². The largest absolute Gasteiger partial charge is 0.348 e. The summed E-state index contributed by atoms with van der Waals surface area (Å²) in [6.07, 6.45) is 3.82. The Bertz CT molecular complexity index is 993. The van der Waals surface area contributed by atoms with E-state index in [2.05, 4.69) is 25.2 Å². The van der Waals surface area contributed by atoms with Crippen LogP contribution in [-0.4, -0.2) is 39.7 Å². The molecule has 6 nitrogen and oxygen atoms in total. The van der Waals surface area contributed by atoms with Crippen molar-refractivity contribution in [1.29, 1.82) is 0 Å². The number of halogens is 2. The zero-order valence-electron chi connectivity index (χ0n) is 14.1. The van der Waals surface area contributed by atoms with E-state index >= 15 is 0 Å². The maximum Gasteiger partial charge on any atom is 0.234 e. The first-order valence-electron chi connectivity index (χ1n) is 8.34. The molecular formula is C17H15ClFN5OS2. The molecule has 1 N–H and O–H groups in total. The van der Waals surface area contributed by atoms with Gasteiger partial charge in [0.25, 0.3) is 0 Å². The highest BCUT2D eigenvalue weighted by atomic mass is 35.5. The first-order chi connectivity index (χ1) is 13.1. The molecule has 1 aromatic carbocycles. The third-order valence-electron chi connectivity index (χ3n) is 4.07. The Kier molecular flexibility index (Phi) is 5.42. The van der Waals surface area contributed by atoms with Crippen LogP contribution in [0.4, 0.5) is 15.2 Å². The molecule has 0 spiro atoms. The number of anilines is 2. The number of hydrogen-bond acceptors (Lipinski definition) is 7. The summed E-state index contributed by atoms with van der Waals surface area (Å²) in [6.45, 7) is 2.02. The Balaban J connectivity index is 1.45. The number of nitrogens with one attached hydrogen (secondary N) is 1. The molecule has 1 aliphatic rings. The van der Waals surface area contributed by atoms with Crippen molar-refractivity contribution in [3.8, 4) is 0 Å². The summed E-state index contributed by atoms with van der Waals surface area (Å²) in [6, 6.07) is 3.85. The van der Waals surface area contributed by atoms with Crippen molar-refractivity contribution in [2.75, 3.05) is 29.1 Å². The summed E-state index contributed by atoms with van der Waals surface area (Å²) in [5.74, 6) is -0.546. The van der Waals surface area contributed by atoms with E-state index in [0.717, 1.165) is 34.0 Å². The van der Waals surface area contributed by atoms with E-state index in [1.165, 1.54) is 43.1 Å². The first kappa shape index (κ1) is 18.4. The van der Waals surface area contributed by atoms with Gasteiger partial charge in [0.1, 0.15) is 21.9 Å². The van der Waals surface area contributed by atoms with Crippen LogP contribution < -0.4 is 10.2 Å². The second-order valence-corrected chi connectivity index (χ2v) is 8.33. The molecular weight excluding hydrogens is 409 g/mol. The Morgan fingerprint density at radius 2 is 2.15 bits per heavy atom. The van der Waals surface area contributed by atoms with E-state index < -0.39 is 5.82 Å². The van der Waals surface area contributed by atoms with Crippen LogP contribution in [0.1, 0.15) is 12.8 Å². The van der Waals surface area contributed by atoms with Gasteiger partial charge in [0.2, 0.25) is 5.91 Å². The number of carbonyl (C=O) groups is 1. The molecule has 1 fully saturated rings. The van der Waals surface area contributed by atoms with Gasteiger partial charge in [-0.3, -0.25) is 4.79 Å². The fraction of sp³-hybridized carbons (Fsp3) is 0.294. The van der Waals surface area contributed by atoms with Crippen LogP contribution in [0, 0.1) is 5.82 Å². The standard InChI is InChI=1S/C17H15ClFN5OS2/c18-11-7-10(19)3-4-12(11)22-13(25)8-26-16-14-15(20-9-21-16)23-17(27-14)24-5-1-2-6-24/h3-4,7,9H,1-2,5-6,8H2,(H,22,25). The Morgan fingerprint density at radius 3 is 2.93 bits per heavy atom. The highest BCUT2D eigenvalue weighted by Gasteiger charge is 2.19. The fourth-order valence-electron chi connectivity index (χ4n) is 2.78.